The molecule has 0 aromatic heterocycles. The smallest absolute Gasteiger partial charge is 0.326 e. The highest BCUT2D eigenvalue weighted by Gasteiger charge is 2.33. The van der Waals surface area contributed by atoms with Gasteiger partial charge in [-0.05, 0) is 36.0 Å². The van der Waals surface area contributed by atoms with E-state index in [2.05, 4.69) is 16.0 Å². The topological polar surface area (TPSA) is 208 Å². The Morgan fingerprint density at radius 1 is 0.800 bits per heavy atom. The Labute approximate surface area is 203 Å². The summed E-state index contributed by atoms with van der Waals surface area (Å²) in [5.74, 6) is -5.92. The number of amides is 3. The number of carboxylic acids is 2. The number of phenolic OH excluding ortho intramolecular Hbond substituents is 1. The summed E-state index contributed by atoms with van der Waals surface area (Å²) in [4.78, 5) is 60.8. The van der Waals surface area contributed by atoms with Crippen molar-refractivity contribution in [3.63, 3.8) is 0 Å². The van der Waals surface area contributed by atoms with E-state index in [1.54, 1.807) is 39.8 Å². The van der Waals surface area contributed by atoms with Crippen molar-refractivity contribution in [2.75, 3.05) is 0 Å². The predicted octanol–water partition coefficient (Wildman–Crippen LogP) is -0.412. The average molecular weight is 495 g/mol. The molecule has 0 spiro atoms. The molecule has 0 radical (unpaired) electrons. The van der Waals surface area contributed by atoms with Crippen molar-refractivity contribution < 1.29 is 39.3 Å². The third-order valence-electron chi connectivity index (χ3n) is 5.22. The van der Waals surface area contributed by atoms with Gasteiger partial charge in [-0.25, -0.2) is 4.79 Å². The molecule has 4 unspecified atom stereocenters. The van der Waals surface area contributed by atoms with Gasteiger partial charge in [-0.3, -0.25) is 19.2 Å². The van der Waals surface area contributed by atoms with Crippen molar-refractivity contribution in [2.45, 2.75) is 64.7 Å². The van der Waals surface area contributed by atoms with Gasteiger partial charge in [0.2, 0.25) is 17.7 Å². The minimum Gasteiger partial charge on any atom is -0.508 e. The lowest BCUT2D eigenvalue weighted by molar-refractivity contribution is -0.144. The van der Waals surface area contributed by atoms with Gasteiger partial charge < -0.3 is 37.0 Å². The van der Waals surface area contributed by atoms with Crippen LogP contribution in [0, 0.1) is 11.8 Å². The molecule has 194 valence electrons. The number of aliphatic carboxylic acids is 2. The molecule has 0 aliphatic carbocycles. The molecule has 1 rings (SSSR count). The molecule has 4 atom stereocenters. The number of hydrogen-bond acceptors (Lipinski definition) is 7. The first-order valence-electron chi connectivity index (χ1n) is 11.1. The fraction of sp³-hybridized carbons (Fsp3) is 0.522. The molecule has 1 aromatic rings. The van der Waals surface area contributed by atoms with Gasteiger partial charge in [-0.1, -0.05) is 39.8 Å². The Kier molecular flexibility index (Phi) is 11.1. The second kappa shape index (κ2) is 13.3. The van der Waals surface area contributed by atoms with E-state index in [4.69, 9.17) is 5.73 Å². The van der Waals surface area contributed by atoms with Gasteiger partial charge in [0.15, 0.2) is 0 Å². The number of hydrogen-bond donors (Lipinski definition) is 7. The Morgan fingerprint density at radius 2 is 1.31 bits per heavy atom. The van der Waals surface area contributed by atoms with Gasteiger partial charge in [-0.2, -0.15) is 0 Å². The molecule has 0 bridgehead atoms. The molecule has 3 amide bonds. The Balaban J connectivity index is 2.94. The van der Waals surface area contributed by atoms with Crippen LogP contribution in [0.2, 0.25) is 0 Å². The standard InChI is InChI=1S/C23H34N4O8/c1-11(2)18(22(33)27-19(12(3)4)23(34)35)26-21(32)16(10-17(29)30)25-20(31)15(24)9-13-5-7-14(28)8-6-13/h5-8,11-12,15-16,18-19,28H,9-10,24H2,1-4H3,(H,25,31)(H,26,32)(H,27,33)(H,29,30)(H,34,35). The van der Waals surface area contributed by atoms with Gasteiger partial charge in [0.25, 0.3) is 0 Å². The second-order valence-electron chi connectivity index (χ2n) is 8.93. The number of benzene rings is 1. The molecular weight excluding hydrogens is 460 g/mol. The van der Waals surface area contributed by atoms with E-state index in [1.165, 1.54) is 12.1 Å². The lowest BCUT2D eigenvalue weighted by Gasteiger charge is -2.27. The summed E-state index contributed by atoms with van der Waals surface area (Å²) >= 11 is 0. The quantitative estimate of drug-likeness (QED) is 0.190. The highest BCUT2D eigenvalue weighted by atomic mass is 16.4. The van der Waals surface area contributed by atoms with Crippen LogP contribution in [0.5, 0.6) is 5.75 Å². The number of nitrogens with two attached hydrogens (primary N) is 1. The summed E-state index contributed by atoms with van der Waals surface area (Å²) < 4.78 is 0. The van der Waals surface area contributed by atoms with Crippen LogP contribution >= 0.6 is 0 Å². The maximum absolute atomic E-state index is 12.9. The maximum Gasteiger partial charge on any atom is 0.326 e. The molecule has 8 N–H and O–H groups in total. The number of phenols is 1. The Bertz CT molecular complexity index is 917. The van der Waals surface area contributed by atoms with Crippen LogP contribution in [0.15, 0.2) is 24.3 Å². The average Bonchev–Trinajstić information content (AvgIpc) is 2.75. The Morgan fingerprint density at radius 3 is 1.77 bits per heavy atom. The normalized spacial score (nSPS) is 14.5. The van der Waals surface area contributed by atoms with Crippen molar-refractivity contribution >= 4 is 29.7 Å². The van der Waals surface area contributed by atoms with Crippen LogP contribution in [0.4, 0.5) is 0 Å². The number of nitrogens with one attached hydrogen (secondary N) is 3. The molecule has 35 heavy (non-hydrogen) atoms. The molecule has 12 nitrogen and oxygen atoms in total. The van der Waals surface area contributed by atoms with E-state index >= 15 is 0 Å². The second-order valence-corrected chi connectivity index (χ2v) is 8.93. The minimum absolute atomic E-state index is 0.0387. The number of aromatic hydroxyl groups is 1. The van der Waals surface area contributed by atoms with Crippen LogP contribution in [-0.4, -0.2) is 69.1 Å². The van der Waals surface area contributed by atoms with Crippen LogP contribution < -0.4 is 21.7 Å². The monoisotopic (exact) mass is 494 g/mol. The van der Waals surface area contributed by atoms with Crippen LogP contribution in [0.25, 0.3) is 0 Å². The lowest BCUT2D eigenvalue weighted by Crippen LogP contribution is -2.59. The van der Waals surface area contributed by atoms with Crippen LogP contribution in [0.3, 0.4) is 0 Å². The maximum atomic E-state index is 12.9. The fourth-order valence-electron chi connectivity index (χ4n) is 3.19. The largest absolute Gasteiger partial charge is 0.508 e. The highest BCUT2D eigenvalue weighted by Crippen LogP contribution is 2.11. The highest BCUT2D eigenvalue weighted by molar-refractivity contribution is 5.95. The van der Waals surface area contributed by atoms with E-state index in [-0.39, 0.29) is 12.2 Å². The summed E-state index contributed by atoms with van der Waals surface area (Å²) in [7, 11) is 0. The van der Waals surface area contributed by atoms with Gasteiger partial charge in [0.05, 0.1) is 12.5 Å². The van der Waals surface area contributed by atoms with Crippen LogP contribution in [0.1, 0.15) is 39.7 Å². The van der Waals surface area contributed by atoms with E-state index in [0.717, 1.165) is 0 Å². The molecule has 0 heterocycles. The molecule has 0 saturated heterocycles. The summed E-state index contributed by atoms with van der Waals surface area (Å²) in [6, 6.07) is 0.970. The SMILES string of the molecule is CC(C)C(NC(=O)C(NC(=O)C(CC(=O)O)NC(=O)C(N)Cc1ccc(O)cc1)C(C)C)C(=O)O. The summed E-state index contributed by atoms with van der Waals surface area (Å²) in [5, 5.41) is 35.0. The van der Waals surface area contributed by atoms with Gasteiger partial charge in [-0.15, -0.1) is 0 Å². The molecule has 0 aliphatic heterocycles. The summed E-state index contributed by atoms with van der Waals surface area (Å²) in [6.07, 6.45) is -0.698. The zero-order valence-corrected chi connectivity index (χ0v) is 20.1. The van der Waals surface area contributed by atoms with Crippen LogP contribution in [-0.2, 0) is 30.4 Å². The first-order chi connectivity index (χ1) is 16.2. The molecule has 0 aliphatic rings. The molecule has 0 fully saturated rings. The minimum atomic E-state index is -1.53. The van der Waals surface area contributed by atoms with E-state index in [1.807, 2.05) is 0 Å². The van der Waals surface area contributed by atoms with E-state index < -0.39 is 72.1 Å². The molecule has 1 aromatic carbocycles. The third-order valence-corrected chi connectivity index (χ3v) is 5.22. The van der Waals surface area contributed by atoms with Gasteiger partial charge in [0, 0.05) is 0 Å². The van der Waals surface area contributed by atoms with Gasteiger partial charge >= 0.3 is 11.9 Å². The third kappa shape index (κ3) is 9.61. The van der Waals surface area contributed by atoms with Gasteiger partial charge in [0.1, 0.15) is 23.9 Å². The summed E-state index contributed by atoms with van der Waals surface area (Å²) in [5.41, 5.74) is 6.54. The first-order valence-corrected chi connectivity index (χ1v) is 11.1. The van der Waals surface area contributed by atoms with Crippen molar-refractivity contribution in [1.29, 1.82) is 0 Å². The zero-order chi connectivity index (χ0) is 26.9. The van der Waals surface area contributed by atoms with Crippen molar-refractivity contribution in [2.24, 2.45) is 17.6 Å². The number of carbonyl (C=O) groups excluding carboxylic acids is 3. The lowest BCUT2D eigenvalue weighted by atomic mass is 9.99. The Hall–Kier alpha value is -3.67. The summed E-state index contributed by atoms with van der Waals surface area (Å²) in [6.45, 7) is 6.46. The first kappa shape index (κ1) is 29.4. The van der Waals surface area contributed by atoms with E-state index in [9.17, 15) is 39.3 Å². The number of carboxylic acid groups (broad SMARTS) is 2. The van der Waals surface area contributed by atoms with Crippen molar-refractivity contribution in [3.8, 4) is 5.75 Å². The molecular formula is C23H34N4O8. The number of carbonyl (C=O) groups is 5. The van der Waals surface area contributed by atoms with Crippen molar-refractivity contribution in [3.05, 3.63) is 29.8 Å². The molecule has 0 saturated carbocycles. The van der Waals surface area contributed by atoms with Crippen molar-refractivity contribution in [1.82, 2.24) is 16.0 Å². The number of rotatable bonds is 13. The van der Waals surface area contributed by atoms with E-state index in [0.29, 0.717) is 5.56 Å². The fourth-order valence-corrected chi connectivity index (χ4v) is 3.19. The predicted molar refractivity (Wildman–Crippen MR) is 125 cm³/mol. The zero-order valence-electron chi connectivity index (χ0n) is 20.1. The molecule has 12 heteroatoms.